The normalized spacial score (nSPS) is 11.4. The van der Waals surface area contributed by atoms with Gasteiger partial charge in [-0.05, 0) is 33.1 Å². The summed E-state index contributed by atoms with van der Waals surface area (Å²) < 4.78 is 0. The highest BCUT2D eigenvalue weighted by atomic mass is 16.1. The van der Waals surface area contributed by atoms with Crippen LogP contribution in [0.1, 0.15) is 38.1 Å². The highest BCUT2D eigenvalue weighted by molar-refractivity contribution is 6.09. The summed E-state index contributed by atoms with van der Waals surface area (Å²) in [7, 11) is 0. The fraction of sp³-hybridized carbons (Fsp3) is 0.375. The van der Waals surface area contributed by atoms with E-state index in [1.807, 2.05) is 52.0 Å². The minimum Gasteiger partial charge on any atom is -0.370 e. The van der Waals surface area contributed by atoms with Gasteiger partial charge in [-0.25, -0.2) is 4.98 Å². The fourth-order valence-electron chi connectivity index (χ4n) is 2.09. The van der Waals surface area contributed by atoms with Crippen LogP contribution in [-0.2, 0) is 0 Å². The molecule has 0 aliphatic rings. The lowest BCUT2D eigenvalue weighted by Gasteiger charge is -2.21. The monoisotopic (exact) mass is 271 g/mol. The number of fused-ring (bicyclic) bond motifs is 1. The van der Waals surface area contributed by atoms with Crippen molar-refractivity contribution in [3.8, 4) is 0 Å². The second kappa shape index (κ2) is 5.49. The van der Waals surface area contributed by atoms with Crippen LogP contribution < -0.4 is 10.6 Å². The summed E-state index contributed by atoms with van der Waals surface area (Å²) in [6.45, 7) is 8.72. The van der Waals surface area contributed by atoms with E-state index in [4.69, 9.17) is 0 Å². The molecule has 0 unspecified atom stereocenters. The molecule has 20 heavy (non-hydrogen) atoms. The second-order valence-electron chi connectivity index (χ2n) is 5.80. The number of hydrogen-bond donors (Lipinski definition) is 2. The van der Waals surface area contributed by atoms with Gasteiger partial charge in [-0.1, -0.05) is 24.3 Å². The molecule has 2 N–H and O–H groups in total. The van der Waals surface area contributed by atoms with Gasteiger partial charge >= 0.3 is 0 Å². The van der Waals surface area contributed by atoms with Crippen molar-refractivity contribution in [2.24, 2.45) is 0 Å². The van der Waals surface area contributed by atoms with E-state index in [0.717, 1.165) is 23.1 Å². The fourth-order valence-corrected chi connectivity index (χ4v) is 2.09. The first-order valence-electron chi connectivity index (χ1n) is 6.86. The maximum absolute atomic E-state index is 12.4. The zero-order valence-electron chi connectivity index (χ0n) is 12.4. The predicted octanol–water partition coefficient (Wildman–Crippen LogP) is 3.19. The van der Waals surface area contributed by atoms with E-state index >= 15 is 0 Å². The van der Waals surface area contributed by atoms with Crippen LogP contribution in [-0.4, -0.2) is 23.0 Å². The number of benzene rings is 1. The van der Waals surface area contributed by atoms with Gasteiger partial charge in [-0.15, -0.1) is 0 Å². The van der Waals surface area contributed by atoms with Gasteiger partial charge in [0.2, 0.25) is 0 Å². The number of carbonyl (C=O) groups is 1. The number of pyridine rings is 1. The zero-order valence-corrected chi connectivity index (χ0v) is 12.4. The van der Waals surface area contributed by atoms with Crippen molar-refractivity contribution in [1.29, 1.82) is 0 Å². The Kier molecular flexibility index (Phi) is 3.93. The molecule has 1 heterocycles. The third kappa shape index (κ3) is 3.07. The third-order valence-electron chi connectivity index (χ3n) is 2.87. The van der Waals surface area contributed by atoms with Gasteiger partial charge < -0.3 is 10.6 Å². The van der Waals surface area contributed by atoms with Gasteiger partial charge in [0.15, 0.2) is 0 Å². The number of anilines is 1. The molecule has 1 aromatic carbocycles. The second-order valence-corrected chi connectivity index (χ2v) is 5.80. The molecule has 0 saturated carbocycles. The number of aromatic nitrogens is 1. The van der Waals surface area contributed by atoms with Gasteiger partial charge in [-0.3, -0.25) is 4.79 Å². The van der Waals surface area contributed by atoms with Crippen LogP contribution in [0.4, 0.5) is 5.82 Å². The molecule has 0 spiro atoms. The SMILES string of the molecule is CCNc1ncc(C(=O)NC(C)(C)C)c2ccccc12. The van der Waals surface area contributed by atoms with Crippen molar-refractivity contribution in [3.63, 3.8) is 0 Å². The van der Waals surface area contributed by atoms with Gasteiger partial charge in [0.05, 0.1) is 5.56 Å². The first-order chi connectivity index (χ1) is 9.42. The van der Waals surface area contributed by atoms with Crippen LogP contribution in [0, 0.1) is 0 Å². The van der Waals surface area contributed by atoms with Gasteiger partial charge in [-0.2, -0.15) is 0 Å². The van der Waals surface area contributed by atoms with Gasteiger partial charge in [0.25, 0.3) is 5.91 Å². The summed E-state index contributed by atoms with van der Waals surface area (Å²) in [6, 6.07) is 7.83. The Morgan fingerprint density at radius 2 is 1.85 bits per heavy atom. The standard InChI is InChI=1S/C16H21N3O/c1-5-17-14-12-9-7-6-8-11(12)13(10-18-14)15(20)19-16(2,3)4/h6-10H,5H2,1-4H3,(H,17,18)(H,19,20). The molecule has 106 valence electrons. The number of amides is 1. The number of carbonyl (C=O) groups excluding carboxylic acids is 1. The smallest absolute Gasteiger partial charge is 0.253 e. The Bertz CT molecular complexity index is 629. The summed E-state index contributed by atoms with van der Waals surface area (Å²) in [6.07, 6.45) is 1.64. The van der Waals surface area contributed by atoms with Crippen LogP contribution in [0.15, 0.2) is 30.5 Å². The lowest BCUT2D eigenvalue weighted by molar-refractivity contribution is 0.0921. The third-order valence-corrected chi connectivity index (χ3v) is 2.87. The van der Waals surface area contributed by atoms with Crippen LogP contribution in [0.5, 0.6) is 0 Å². The van der Waals surface area contributed by atoms with Crippen molar-refractivity contribution in [2.75, 3.05) is 11.9 Å². The molecule has 2 aromatic rings. The molecule has 4 heteroatoms. The van der Waals surface area contributed by atoms with E-state index in [9.17, 15) is 4.79 Å². The summed E-state index contributed by atoms with van der Waals surface area (Å²) >= 11 is 0. The maximum Gasteiger partial charge on any atom is 0.253 e. The highest BCUT2D eigenvalue weighted by Gasteiger charge is 2.18. The minimum absolute atomic E-state index is 0.0933. The summed E-state index contributed by atoms with van der Waals surface area (Å²) in [5.41, 5.74) is 0.343. The van der Waals surface area contributed by atoms with Crippen molar-refractivity contribution >= 4 is 22.5 Å². The molecular weight excluding hydrogens is 250 g/mol. The first-order valence-corrected chi connectivity index (χ1v) is 6.86. The zero-order chi connectivity index (χ0) is 14.8. The maximum atomic E-state index is 12.4. The molecule has 0 bridgehead atoms. The Morgan fingerprint density at radius 1 is 1.20 bits per heavy atom. The van der Waals surface area contributed by atoms with Crippen molar-refractivity contribution in [1.82, 2.24) is 10.3 Å². The average Bonchev–Trinajstić information content (AvgIpc) is 2.37. The molecule has 1 amide bonds. The molecule has 0 fully saturated rings. The number of rotatable bonds is 3. The summed E-state index contributed by atoms with van der Waals surface area (Å²) in [5, 5.41) is 8.09. The Hall–Kier alpha value is -2.10. The highest BCUT2D eigenvalue weighted by Crippen LogP contribution is 2.24. The molecular formula is C16H21N3O. The van der Waals surface area contributed by atoms with Crippen LogP contribution in [0.25, 0.3) is 10.8 Å². The van der Waals surface area contributed by atoms with Crippen LogP contribution in [0.2, 0.25) is 0 Å². The average molecular weight is 271 g/mol. The number of hydrogen-bond acceptors (Lipinski definition) is 3. The predicted molar refractivity (Wildman–Crippen MR) is 83.1 cm³/mol. The van der Waals surface area contributed by atoms with Gasteiger partial charge in [0.1, 0.15) is 5.82 Å². The number of nitrogens with one attached hydrogen (secondary N) is 2. The molecule has 2 rings (SSSR count). The van der Waals surface area contributed by atoms with E-state index in [-0.39, 0.29) is 11.4 Å². The Morgan fingerprint density at radius 3 is 2.45 bits per heavy atom. The van der Waals surface area contributed by atoms with Crippen molar-refractivity contribution < 1.29 is 4.79 Å². The summed E-state index contributed by atoms with van der Waals surface area (Å²) in [4.78, 5) is 16.7. The molecule has 0 atom stereocenters. The van der Waals surface area contributed by atoms with E-state index in [2.05, 4.69) is 15.6 Å². The Balaban J connectivity index is 2.50. The van der Waals surface area contributed by atoms with Gasteiger partial charge in [0, 0.05) is 23.7 Å². The molecule has 1 aromatic heterocycles. The minimum atomic E-state index is -0.265. The largest absolute Gasteiger partial charge is 0.370 e. The van der Waals surface area contributed by atoms with E-state index in [1.165, 1.54) is 0 Å². The first kappa shape index (κ1) is 14.3. The molecule has 0 saturated heterocycles. The lowest BCUT2D eigenvalue weighted by atomic mass is 10.0. The summed E-state index contributed by atoms with van der Waals surface area (Å²) in [5.74, 6) is 0.722. The van der Waals surface area contributed by atoms with Crippen LogP contribution in [0.3, 0.4) is 0 Å². The van der Waals surface area contributed by atoms with E-state index in [1.54, 1.807) is 6.20 Å². The quantitative estimate of drug-likeness (QED) is 0.901. The van der Waals surface area contributed by atoms with E-state index in [0.29, 0.717) is 5.56 Å². The molecule has 0 aliphatic heterocycles. The van der Waals surface area contributed by atoms with Crippen LogP contribution >= 0.6 is 0 Å². The lowest BCUT2D eigenvalue weighted by Crippen LogP contribution is -2.40. The molecule has 0 radical (unpaired) electrons. The molecule has 4 nitrogen and oxygen atoms in total. The van der Waals surface area contributed by atoms with E-state index < -0.39 is 0 Å². The van der Waals surface area contributed by atoms with Crippen molar-refractivity contribution in [2.45, 2.75) is 33.2 Å². The molecule has 0 aliphatic carbocycles. The van der Waals surface area contributed by atoms with Crippen molar-refractivity contribution in [3.05, 3.63) is 36.0 Å². The topological polar surface area (TPSA) is 54.0 Å². The number of nitrogens with zero attached hydrogens (tertiary/aromatic N) is 1. The Labute approximate surface area is 119 Å².